The fraction of sp³-hybridized carbons (Fsp3) is 0.118. The van der Waals surface area contributed by atoms with Gasteiger partial charge in [-0.25, -0.2) is 0 Å². The van der Waals surface area contributed by atoms with Crippen LogP contribution in [0.15, 0.2) is 57.6 Å². The van der Waals surface area contributed by atoms with Crippen LogP contribution >= 0.6 is 23.4 Å². The van der Waals surface area contributed by atoms with Crippen molar-refractivity contribution < 1.29 is 17.4 Å². The third-order valence-electron chi connectivity index (χ3n) is 3.46. The van der Waals surface area contributed by atoms with Gasteiger partial charge in [-0.3, -0.25) is 4.79 Å². The molecule has 140 valence electrons. The maximum atomic E-state index is 12.3. The van der Waals surface area contributed by atoms with E-state index in [-0.39, 0.29) is 16.6 Å². The van der Waals surface area contributed by atoms with Gasteiger partial charge in [0.2, 0.25) is 5.91 Å². The Bertz CT molecular complexity index is 1030. The zero-order valence-electron chi connectivity index (χ0n) is 14.0. The first-order valence-electron chi connectivity index (χ1n) is 7.68. The predicted molar refractivity (Wildman–Crippen MR) is 106 cm³/mol. The van der Waals surface area contributed by atoms with Crippen molar-refractivity contribution in [1.82, 2.24) is 5.32 Å². The molecule has 0 atom stereocenters. The molecule has 1 amide bonds. The number of nitrogens with one attached hydrogen (secondary N) is 1. The van der Waals surface area contributed by atoms with Gasteiger partial charge >= 0.3 is 10.1 Å². The lowest BCUT2D eigenvalue weighted by Crippen LogP contribution is -2.19. The molecule has 0 aromatic heterocycles. The lowest BCUT2D eigenvalue weighted by Gasteiger charge is -2.08. The number of hydrogen-bond donors (Lipinski definition) is 1. The Balaban J connectivity index is 1.68. The van der Waals surface area contributed by atoms with E-state index >= 15 is 0 Å². The Morgan fingerprint density at radius 2 is 1.96 bits per heavy atom. The van der Waals surface area contributed by atoms with Crippen LogP contribution in [0.5, 0.6) is 5.75 Å². The molecule has 2 aromatic rings. The molecule has 1 aliphatic heterocycles. The maximum absolute atomic E-state index is 12.3. The average Bonchev–Trinajstić information content (AvgIpc) is 3.04. The molecule has 0 saturated carbocycles. The van der Waals surface area contributed by atoms with E-state index in [1.54, 1.807) is 25.1 Å². The van der Waals surface area contributed by atoms with Crippen molar-refractivity contribution in [2.45, 2.75) is 11.8 Å². The third-order valence-corrected chi connectivity index (χ3v) is 5.97. The summed E-state index contributed by atoms with van der Waals surface area (Å²) in [4.78, 5) is 11.0. The molecule has 27 heavy (non-hydrogen) atoms. The first-order valence-corrected chi connectivity index (χ1v) is 10.4. The number of thioether (sulfide) groups is 1. The lowest BCUT2D eigenvalue weighted by atomic mass is 10.2. The van der Waals surface area contributed by atoms with Gasteiger partial charge in [0.25, 0.3) is 0 Å². The molecule has 0 aliphatic carbocycles. The number of aryl methyl sites for hydroxylation is 1. The summed E-state index contributed by atoms with van der Waals surface area (Å²) in [5, 5.41) is 11.1. The van der Waals surface area contributed by atoms with Gasteiger partial charge in [-0.1, -0.05) is 29.4 Å². The highest BCUT2D eigenvalue weighted by molar-refractivity contribution is 8.15. The Kier molecular flexibility index (Phi) is 5.83. The summed E-state index contributed by atoms with van der Waals surface area (Å²) in [6.07, 6.45) is 1.48. The number of rotatable bonds is 5. The van der Waals surface area contributed by atoms with Gasteiger partial charge in [-0.15, -0.1) is 5.10 Å². The Morgan fingerprint density at radius 1 is 1.22 bits per heavy atom. The van der Waals surface area contributed by atoms with Gasteiger partial charge in [0.15, 0.2) is 5.17 Å². The number of carbonyl (C=O) groups excluding carboxylic acids is 1. The Labute approximate surface area is 165 Å². The zero-order chi connectivity index (χ0) is 19.4. The Hall–Kier alpha value is -2.36. The third kappa shape index (κ3) is 5.09. The molecule has 1 heterocycles. The molecular weight excluding hydrogens is 410 g/mol. The molecule has 1 aliphatic rings. The van der Waals surface area contributed by atoms with Crippen molar-refractivity contribution in [3.05, 3.63) is 58.6 Å². The molecule has 7 nitrogen and oxygen atoms in total. The molecule has 1 N–H and O–H groups in total. The number of halogens is 1. The van der Waals surface area contributed by atoms with Crippen LogP contribution in [-0.2, 0) is 14.9 Å². The number of carbonyl (C=O) groups is 1. The van der Waals surface area contributed by atoms with Gasteiger partial charge in [0.05, 0.1) is 12.0 Å². The summed E-state index contributed by atoms with van der Waals surface area (Å²) in [5.41, 5.74) is 1.47. The van der Waals surface area contributed by atoms with E-state index in [9.17, 15) is 13.2 Å². The molecule has 0 bridgehead atoms. The smallest absolute Gasteiger partial charge is 0.339 e. The lowest BCUT2D eigenvalue weighted by molar-refractivity contribution is -0.116. The highest BCUT2D eigenvalue weighted by Gasteiger charge is 2.18. The van der Waals surface area contributed by atoms with Crippen LogP contribution in [0.3, 0.4) is 0 Å². The van der Waals surface area contributed by atoms with Crippen LogP contribution in [0, 0.1) is 6.92 Å². The molecule has 1 saturated heterocycles. The van der Waals surface area contributed by atoms with Crippen LogP contribution < -0.4 is 9.50 Å². The number of amides is 1. The second-order valence-corrected chi connectivity index (χ2v) is 8.42. The van der Waals surface area contributed by atoms with E-state index in [4.69, 9.17) is 15.8 Å². The summed E-state index contributed by atoms with van der Waals surface area (Å²) in [7, 11) is -3.98. The predicted octanol–water partition coefficient (Wildman–Crippen LogP) is 2.97. The monoisotopic (exact) mass is 423 g/mol. The van der Waals surface area contributed by atoms with E-state index < -0.39 is 10.1 Å². The van der Waals surface area contributed by atoms with Crippen LogP contribution in [0.4, 0.5) is 0 Å². The fourth-order valence-corrected chi connectivity index (χ4v) is 3.87. The van der Waals surface area contributed by atoms with E-state index in [1.807, 2.05) is 0 Å². The molecular formula is C17H14ClN3O4S2. The van der Waals surface area contributed by atoms with Crippen LogP contribution in [0.1, 0.15) is 11.1 Å². The molecule has 1 fully saturated rings. The van der Waals surface area contributed by atoms with Crippen molar-refractivity contribution in [2.75, 3.05) is 5.75 Å². The van der Waals surface area contributed by atoms with Crippen molar-refractivity contribution in [1.29, 1.82) is 0 Å². The SMILES string of the molecule is Cc1ccc(S(=O)(=O)Oc2ccc(/C=N/N=C3/NC(=O)CS3)cc2)cc1Cl. The molecule has 2 aromatic carbocycles. The van der Waals surface area contributed by atoms with E-state index in [2.05, 4.69) is 15.5 Å². The second kappa shape index (κ2) is 8.12. The normalized spacial score (nSPS) is 16.1. The minimum Gasteiger partial charge on any atom is -0.379 e. The van der Waals surface area contributed by atoms with Crippen molar-refractivity contribution in [3.63, 3.8) is 0 Å². The summed E-state index contributed by atoms with van der Waals surface area (Å²) in [6.45, 7) is 1.78. The minimum atomic E-state index is -3.98. The standard InChI is InChI=1S/C17H14ClN3O4S2/c1-11-2-7-14(8-15(11)18)27(23,24)25-13-5-3-12(4-6-13)9-19-21-17-20-16(22)10-26-17/h2-9H,10H2,1H3,(H,20,21,22)/b19-9+. The average molecular weight is 424 g/mol. The molecule has 0 spiro atoms. The van der Waals surface area contributed by atoms with E-state index in [1.165, 1.54) is 42.2 Å². The number of nitrogens with zero attached hydrogens (tertiary/aromatic N) is 2. The summed E-state index contributed by atoms with van der Waals surface area (Å²) in [6, 6.07) is 10.7. The number of hydrogen-bond acceptors (Lipinski definition) is 7. The summed E-state index contributed by atoms with van der Waals surface area (Å²) in [5.74, 6) is 0.390. The van der Waals surface area contributed by atoms with Gasteiger partial charge in [-0.2, -0.15) is 13.5 Å². The van der Waals surface area contributed by atoms with Gasteiger partial charge in [0.1, 0.15) is 10.6 Å². The summed E-state index contributed by atoms with van der Waals surface area (Å²) < 4.78 is 29.8. The number of benzene rings is 2. The van der Waals surface area contributed by atoms with E-state index in [0.29, 0.717) is 21.5 Å². The fourth-order valence-electron chi connectivity index (χ4n) is 2.04. The van der Waals surface area contributed by atoms with E-state index in [0.717, 1.165) is 5.56 Å². The van der Waals surface area contributed by atoms with Crippen molar-refractivity contribution in [3.8, 4) is 5.75 Å². The van der Waals surface area contributed by atoms with Gasteiger partial charge in [0, 0.05) is 5.02 Å². The van der Waals surface area contributed by atoms with Gasteiger partial charge in [-0.05, 0) is 54.4 Å². The van der Waals surface area contributed by atoms with Crippen LogP contribution in [0.25, 0.3) is 0 Å². The minimum absolute atomic E-state index is 0.0179. The molecule has 3 rings (SSSR count). The highest BCUT2D eigenvalue weighted by Crippen LogP contribution is 2.23. The quantitative estimate of drug-likeness (QED) is 0.453. The zero-order valence-corrected chi connectivity index (χ0v) is 16.4. The van der Waals surface area contributed by atoms with Crippen LogP contribution in [0.2, 0.25) is 5.02 Å². The van der Waals surface area contributed by atoms with Crippen LogP contribution in [-0.4, -0.2) is 31.5 Å². The molecule has 0 radical (unpaired) electrons. The van der Waals surface area contributed by atoms with Crippen molar-refractivity contribution in [2.24, 2.45) is 10.2 Å². The Morgan fingerprint density at radius 3 is 2.59 bits per heavy atom. The maximum Gasteiger partial charge on any atom is 0.339 e. The first kappa shape index (κ1) is 19.4. The number of amidine groups is 1. The molecule has 10 heteroatoms. The van der Waals surface area contributed by atoms with Gasteiger partial charge < -0.3 is 9.50 Å². The van der Waals surface area contributed by atoms with Crippen molar-refractivity contribution >= 4 is 50.8 Å². The first-order chi connectivity index (χ1) is 12.8. The highest BCUT2D eigenvalue weighted by atomic mass is 35.5. The second-order valence-electron chi connectivity index (χ2n) is 5.50. The topological polar surface area (TPSA) is 97.2 Å². The summed E-state index contributed by atoms with van der Waals surface area (Å²) >= 11 is 7.25. The molecule has 0 unspecified atom stereocenters. The largest absolute Gasteiger partial charge is 0.379 e.